The first-order chi connectivity index (χ1) is 9.19. The minimum absolute atomic E-state index is 0.156. The Kier molecular flexibility index (Phi) is 4.97. The first-order valence-electron chi connectivity index (χ1n) is 7.34. The van der Waals surface area contributed by atoms with Crippen LogP contribution in [0.4, 0.5) is 0 Å². The van der Waals surface area contributed by atoms with E-state index in [1.165, 1.54) is 44.3 Å². The normalized spacial score (nSPS) is 21.0. The van der Waals surface area contributed by atoms with Crippen LogP contribution >= 0.6 is 0 Å². The molecule has 1 aromatic carbocycles. The minimum atomic E-state index is 0.156. The number of rotatable bonds is 4. The second-order valence-electron chi connectivity index (χ2n) is 5.60. The standard InChI is InChI=1S/C16H25N3/c1-2-13-6-4-9-19(10-8-13)12-14-5-3-7-15(11-14)16(17)18/h3,5,7,11,13H,2,4,6,8-10,12H2,1H3,(H3,17,18). The van der Waals surface area contributed by atoms with Crippen LogP contribution in [0, 0.1) is 11.3 Å². The molecule has 1 aliphatic heterocycles. The summed E-state index contributed by atoms with van der Waals surface area (Å²) in [6.07, 6.45) is 5.32. The molecule has 2 rings (SSSR count). The Labute approximate surface area is 116 Å². The fourth-order valence-electron chi connectivity index (χ4n) is 2.89. The largest absolute Gasteiger partial charge is 0.384 e. The predicted molar refractivity (Wildman–Crippen MR) is 80.4 cm³/mol. The van der Waals surface area contributed by atoms with Crippen molar-refractivity contribution < 1.29 is 0 Å². The summed E-state index contributed by atoms with van der Waals surface area (Å²) in [6, 6.07) is 8.08. The summed E-state index contributed by atoms with van der Waals surface area (Å²) in [4.78, 5) is 2.54. The zero-order valence-corrected chi connectivity index (χ0v) is 11.9. The van der Waals surface area contributed by atoms with Crippen LogP contribution in [0.25, 0.3) is 0 Å². The molecule has 1 fully saturated rings. The van der Waals surface area contributed by atoms with Gasteiger partial charge >= 0.3 is 0 Å². The number of nitrogens with one attached hydrogen (secondary N) is 1. The maximum Gasteiger partial charge on any atom is 0.122 e. The summed E-state index contributed by atoms with van der Waals surface area (Å²) >= 11 is 0. The summed E-state index contributed by atoms with van der Waals surface area (Å²) in [6.45, 7) is 5.68. The summed E-state index contributed by atoms with van der Waals surface area (Å²) in [5.41, 5.74) is 7.65. The van der Waals surface area contributed by atoms with E-state index in [1.807, 2.05) is 18.2 Å². The van der Waals surface area contributed by atoms with Crippen LogP contribution in [0.1, 0.15) is 43.7 Å². The van der Waals surface area contributed by atoms with Crippen molar-refractivity contribution in [2.24, 2.45) is 11.7 Å². The average molecular weight is 259 g/mol. The van der Waals surface area contributed by atoms with Gasteiger partial charge in [-0.3, -0.25) is 10.3 Å². The van der Waals surface area contributed by atoms with Crippen molar-refractivity contribution in [3.63, 3.8) is 0 Å². The van der Waals surface area contributed by atoms with Gasteiger partial charge in [-0.15, -0.1) is 0 Å². The second-order valence-corrected chi connectivity index (χ2v) is 5.60. The summed E-state index contributed by atoms with van der Waals surface area (Å²) in [7, 11) is 0. The number of nitrogens with two attached hydrogens (primary N) is 1. The van der Waals surface area contributed by atoms with E-state index in [4.69, 9.17) is 11.1 Å². The Hall–Kier alpha value is -1.35. The molecule has 0 spiro atoms. The van der Waals surface area contributed by atoms with E-state index in [1.54, 1.807) is 0 Å². The topological polar surface area (TPSA) is 53.1 Å². The molecule has 0 saturated carbocycles. The van der Waals surface area contributed by atoms with Crippen LogP contribution in [-0.2, 0) is 6.54 Å². The maximum absolute atomic E-state index is 7.50. The van der Waals surface area contributed by atoms with Crippen molar-refractivity contribution >= 4 is 5.84 Å². The van der Waals surface area contributed by atoms with Crippen molar-refractivity contribution in [1.82, 2.24) is 4.90 Å². The minimum Gasteiger partial charge on any atom is -0.384 e. The number of hydrogen-bond acceptors (Lipinski definition) is 2. The van der Waals surface area contributed by atoms with Gasteiger partial charge in [-0.1, -0.05) is 31.5 Å². The molecule has 104 valence electrons. The second kappa shape index (κ2) is 6.71. The molecular weight excluding hydrogens is 234 g/mol. The first-order valence-corrected chi connectivity index (χ1v) is 7.34. The summed E-state index contributed by atoms with van der Waals surface area (Å²) in [5.74, 6) is 1.07. The molecule has 1 atom stereocenters. The van der Waals surface area contributed by atoms with Gasteiger partial charge in [0.15, 0.2) is 0 Å². The molecule has 0 amide bonds. The Bertz CT molecular complexity index is 428. The van der Waals surface area contributed by atoms with Gasteiger partial charge in [0.05, 0.1) is 0 Å². The third kappa shape index (κ3) is 4.06. The zero-order valence-electron chi connectivity index (χ0n) is 11.9. The van der Waals surface area contributed by atoms with E-state index in [0.29, 0.717) is 0 Å². The molecule has 0 aliphatic carbocycles. The number of nitrogens with zero attached hydrogens (tertiary/aromatic N) is 1. The molecule has 1 heterocycles. The van der Waals surface area contributed by atoms with Crippen LogP contribution < -0.4 is 5.73 Å². The highest BCUT2D eigenvalue weighted by atomic mass is 15.1. The molecule has 1 saturated heterocycles. The molecule has 0 radical (unpaired) electrons. The van der Waals surface area contributed by atoms with Gasteiger partial charge in [0.1, 0.15) is 5.84 Å². The number of amidine groups is 1. The van der Waals surface area contributed by atoms with Crippen LogP contribution in [0.2, 0.25) is 0 Å². The molecule has 1 aliphatic rings. The Balaban J connectivity index is 1.97. The highest BCUT2D eigenvalue weighted by Crippen LogP contribution is 2.21. The summed E-state index contributed by atoms with van der Waals surface area (Å²) in [5, 5.41) is 7.50. The van der Waals surface area contributed by atoms with Gasteiger partial charge in [-0.05, 0) is 49.9 Å². The van der Waals surface area contributed by atoms with Gasteiger partial charge in [0, 0.05) is 12.1 Å². The van der Waals surface area contributed by atoms with Gasteiger partial charge in [0.2, 0.25) is 0 Å². The average Bonchev–Trinajstić information content (AvgIpc) is 2.64. The maximum atomic E-state index is 7.50. The number of likely N-dealkylation sites (tertiary alicyclic amines) is 1. The van der Waals surface area contributed by atoms with E-state index in [9.17, 15) is 0 Å². The lowest BCUT2D eigenvalue weighted by atomic mass is 9.98. The molecular formula is C16H25N3. The Morgan fingerprint density at radius 1 is 1.37 bits per heavy atom. The van der Waals surface area contributed by atoms with Gasteiger partial charge in [-0.2, -0.15) is 0 Å². The van der Waals surface area contributed by atoms with Gasteiger partial charge < -0.3 is 5.73 Å². The van der Waals surface area contributed by atoms with Crippen molar-refractivity contribution in [1.29, 1.82) is 5.41 Å². The lowest BCUT2D eigenvalue weighted by Gasteiger charge is -2.20. The van der Waals surface area contributed by atoms with Gasteiger partial charge in [0.25, 0.3) is 0 Å². The smallest absolute Gasteiger partial charge is 0.122 e. The van der Waals surface area contributed by atoms with Crippen molar-refractivity contribution in [2.45, 2.75) is 39.2 Å². The molecule has 0 aromatic heterocycles. The third-order valence-electron chi connectivity index (χ3n) is 4.16. The van der Waals surface area contributed by atoms with E-state index < -0.39 is 0 Å². The molecule has 0 bridgehead atoms. The SMILES string of the molecule is CCC1CCCN(Cc2cccc(C(=N)N)c2)CC1. The molecule has 19 heavy (non-hydrogen) atoms. The lowest BCUT2D eigenvalue weighted by Crippen LogP contribution is -2.24. The number of nitrogen functional groups attached to an aromatic ring is 1. The lowest BCUT2D eigenvalue weighted by molar-refractivity contribution is 0.272. The van der Waals surface area contributed by atoms with Crippen molar-refractivity contribution in [3.05, 3.63) is 35.4 Å². The van der Waals surface area contributed by atoms with Gasteiger partial charge in [-0.25, -0.2) is 0 Å². The molecule has 3 N–H and O–H groups in total. The zero-order chi connectivity index (χ0) is 13.7. The van der Waals surface area contributed by atoms with Crippen LogP contribution in [0.15, 0.2) is 24.3 Å². The van der Waals surface area contributed by atoms with Crippen molar-refractivity contribution in [2.75, 3.05) is 13.1 Å². The molecule has 1 unspecified atom stereocenters. The molecule has 1 aromatic rings. The van der Waals surface area contributed by atoms with E-state index >= 15 is 0 Å². The van der Waals surface area contributed by atoms with Crippen LogP contribution in [0.5, 0.6) is 0 Å². The highest BCUT2D eigenvalue weighted by Gasteiger charge is 2.15. The van der Waals surface area contributed by atoms with E-state index in [-0.39, 0.29) is 5.84 Å². The van der Waals surface area contributed by atoms with E-state index in [0.717, 1.165) is 18.0 Å². The monoisotopic (exact) mass is 259 g/mol. The molecule has 3 nitrogen and oxygen atoms in total. The quantitative estimate of drug-likeness (QED) is 0.645. The Morgan fingerprint density at radius 3 is 2.95 bits per heavy atom. The predicted octanol–water partition coefficient (Wildman–Crippen LogP) is 2.98. The first kappa shape index (κ1) is 14.1. The van der Waals surface area contributed by atoms with Crippen LogP contribution in [0.3, 0.4) is 0 Å². The van der Waals surface area contributed by atoms with Crippen molar-refractivity contribution in [3.8, 4) is 0 Å². The highest BCUT2D eigenvalue weighted by molar-refractivity contribution is 5.95. The van der Waals surface area contributed by atoms with Crippen LogP contribution in [-0.4, -0.2) is 23.8 Å². The summed E-state index contributed by atoms with van der Waals surface area (Å²) < 4.78 is 0. The molecule has 3 heteroatoms. The Morgan fingerprint density at radius 2 is 2.21 bits per heavy atom. The number of benzene rings is 1. The van der Waals surface area contributed by atoms with E-state index in [2.05, 4.69) is 17.9 Å². The fraction of sp³-hybridized carbons (Fsp3) is 0.562. The fourth-order valence-corrected chi connectivity index (χ4v) is 2.89. The third-order valence-corrected chi connectivity index (χ3v) is 4.16. The number of hydrogen-bond donors (Lipinski definition) is 2.